The van der Waals surface area contributed by atoms with Crippen LogP contribution in [-0.2, 0) is 0 Å². The van der Waals surface area contributed by atoms with E-state index in [0.717, 1.165) is 55.7 Å². The molecule has 0 atom stereocenters. The van der Waals surface area contributed by atoms with Crippen LogP contribution in [0, 0.1) is 0 Å². The van der Waals surface area contributed by atoms with Crippen molar-refractivity contribution in [2.45, 2.75) is 0 Å². The van der Waals surface area contributed by atoms with Crippen LogP contribution < -0.4 is 4.90 Å². The van der Waals surface area contributed by atoms with E-state index in [9.17, 15) is 0 Å². The molecule has 0 radical (unpaired) electrons. The van der Waals surface area contributed by atoms with E-state index in [2.05, 4.69) is 193 Å². The summed E-state index contributed by atoms with van der Waals surface area (Å²) < 4.78 is 9.04. The number of nitrogens with zero attached hydrogens (tertiary/aromatic N) is 1. The van der Waals surface area contributed by atoms with Crippen LogP contribution in [0.4, 0.5) is 17.1 Å². The predicted molar refractivity (Wildman–Crippen MR) is 235 cm³/mol. The molecule has 0 aliphatic carbocycles. The smallest absolute Gasteiger partial charge is 0.143 e. The van der Waals surface area contributed by atoms with E-state index in [1.807, 2.05) is 23.5 Å². The van der Waals surface area contributed by atoms with Gasteiger partial charge in [-0.3, -0.25) is 0 Å². The second-order valence-corrected chi connectivity index (χ2v) is 15.2. The summed E-state index contributed by atoms with van der Waals surface area (Å²) in [5, 5.41) is 7.29. The number of furan rings is 1. The molecule has 0 saturated carbocycles. The first-order valence-corrected chi connectivity index (χ1v) is 19.5. The first-order valence-electron chi connectivity index (χ1n) is 18.7. The van der Waals surface area contributed by atoms with Crippen molar-refractivity contribution >= 4 is 81.3 Å². The largest absolute Gasteiger partial charge is 0.455 e. The fourth-order valence-corrected chi connectivity index (χ4v) is 9.26. The molecular formula is C52H33NOS. The van der Waals surface area contributed by atoms with Crippen LogP contribution in [0.3, 0.4) is 0 Å². The Morgan fingerprint density at radius 1 is 0.364 bits per heavy atom. The molecule has 0 saturated heterocycles. The average molecular weight is 720 g/mol. The van der Waals surface area contributed by atoms with E-state index in [1.54, 1.807) is 0 Å². The van der Waals surface area contributed by atoms with Gasteiger partial charge in [-0.2, -0.15) is 0 Å². The molecule has 0 spiro atoms. The number of fused-ring (bicyclic) bond motifs is 7. The van der Waals surface area contributed by atoms with E-state index >= 15 is 0 Å². The lowest BCUT2D eigenvalue weighted by Crippen LogP contribution is -2.11. The molecule has 0 bridgehead atoms. The lowest BCUT2D eigenvalue weighted by Gasteiger charge is -2.29. The zero-order chi connectivity index (χ0) is 36.3. The Morgan fingerprint density at radius 3 is 1.91 bits per heavy atom. The second-order valence-electron chi connectivity index (χ2n) is 14.1. The number of rotatable bonds is 6. The maximum absolute atomic E-state index is 6.46. The molecule has 0 amide bonds. The summed E-state index contributed by atoms with van der Waals surface area (Å²) in [6.07, 6.45) is 0. The van der Waals surface area contributed by atoms with Gasteiger partial charge in [0.05, 0.1) is 5.69 Å². The fourth-order valence-electron chi connectivity index (χ4n) is 8.17. The van der Waals surface area contributed by atoms with Crippen molar-refractivity contribution in [2.24, 2.45) is 0 Å². The normalized spacial score (nSPS) is 11.6. The van der Waals surface area contributed by atoms with Crippen molar-refractivity contribution in [2.75, 3.05) is 4.90 Å². The first kappa shape index (κ1) is 31.6. The summed E-state index contributed by atoms with van der Waals surface area (Å²) in [6, 6.07) is 72.4. The summed E-state index contributed by atoms with van der Waals surface area (Å²) in [6.45, 7) is 0. The number of thiophene rings is 1. The van der Waals surface area contributed by atoms with E-state index < -0.39 is 0 Å². The molecule has 0 aliphatic heterocycles. The monoisotopic (exact) mass is 719 g/mol. The summed E-state index contributed by atoms with van der Waals surface area (Å²) in [5.74, 6) is 0. The van der Waals surface area contributed by atoms with Gasteiger partial charge in [0.25, 0.3) is 0 Å². The van der Waals surface area contributed by atoms with Gasteiger partial charge in [-0.1, -0.05) is 146 Å². The highest BCUT2D eigenvalue weighted by Crippen LogP contribution is 2.46. The third-order valence-electron chi connectivity index (χ3n) is 10.9. The van der Waals surface area contributed by atoms with E-state index in [4.69, 9.17) is 4.42 Å². The van der Waals surface area contributed by atoms with Gasteiger partial charge >= 0.3 is 0 Å². The predicted octanol–water partition coefficient (Wildman–Crippen LogP) is 15.6. The number of anilines is 3. The van der Waals surface area contributed by atoms with Gasteiger partial charge in [-0.05, 0) is 87.6 Å². The molecule has 55 heavy (non-hydrogen) atoms. The minimum absolute atomic E-state index is 0.906. The van der Waals surface area contributed by atoms with E-state index in [0.29, 0.717) is 0 Å². The van der Waals surface area contributed by atoms with Crippen LogP contribution in [0.25, 0.3) is 86.3 Å². The standard InChI is InChI=1S/C52H33NOS/c1-2-12-35(13-3-1)42-29-25-39(38-22-21-34-11-4-5-14-37(34)31-38)32-48(42)53(41-28-30-51-47(33-41)45-16-7-9-20-50(45)55-51)40-26-23-36(24-27-40)43-17-10-18-46-44-15-6-8-19-49(44)54-52(43)46/h1-33H. The molecule has 11 rings (SSSR count). The maximum Gasteiger partial charge on any atom is 0.143 e. The van der Waals surface area contributed by atoms with Crippen molar-refractivity contribution in [1.82, 2.24) is 0 Å². The third-order valence-corrected chi connectivity index (χ3v) is 12.0. The number of hydrogen-bond donors (Lipinski definition) is 0. The maximum atomic E-state index is 6.46. The second kappa shape index (κ2) is 12.9. The molecule has 0 aliphatic rings. The third kappa shape index (κ3) is 5.40. The van der Waals surface area contributed by atoms with E-state index in [1.165, 1.54) is 47.6 Å². The number of hydrogen-bond acceptors (Lipinski definition) is 3. The van der Waals surface area contributed by atoms with Crippen LogP contribution in [-0.4, -0.2) is 0 Å². The Balaban J connectivity index is 1.13. The fraction of sp³-hybridized carbons (Fsp3) is 0. The summed E-state index contributed by atoms with van der Waals surface area (Å²) in [4.78, 5) is 2.43. The molecule has 0 fully saturated rings. The van der Waals surface area contributed by atoms with Crippen LogP contribution in [0.15, 0.2) is 205 Å². The van der Waals surface area contributed by atoms with Gasteiger partial charge in [0.15, 0.2) is 0 Å². The van der Waals surface area contributed by atoms with E-state index in [-0.39, 0.29) is 0 Å². The molecule has 11 aromatic rings. The summed E-state index contributed by atoms with van der Waals surface area (Å²) in [7, 11) is 0. The molecule has 2 aromatic heterocycles. The minimum atomic E-state index is 0.906. The Kier molecular flexibility index (Phi) is 7.39. The van der Waals surface area contributed by atoms with Crippen molar-refractivity contribution < 1.29 is 4.42 Å². The van der Waals surface area contributed by atoms with Crippen molar-refractivity contribution in [1.29, 1.82) is 0 Å². The van der Waals surface area contributed by atoms with Gasteiger partial charge in [0.2, 0.25) is 0 Å². The topological polar surface area (TPSA) is 16.4 Å². The summed E-state index contributed by atoms with van der Waals surface area (Å²) in [5.41, 5.74) is 12.0. The summed E-state index contributed by atoms with van der Waals surface area (Å²) >= 11 is 1.85. The van der Waals surface area contributed by atoms with Crippen LogP contribution in [0.1, 0.15) is 0 Å². The number of para-hydroxylation sites is 2. The Morgan fingerprint density at radius 2 is 1.02 bits per heavy atom. The van der Waals surface area contributed by atoms with Gasteiger partial charge < -0.3 is 9.32 Å². The van der Waals surface area contributed by atoms with Gasteiger partial charge in [0.1, 0.15) is 11.2 Å². The van der Waals surface area contributed by atoms with Gasteiger partial charge in [-0.15, -0.1) is 11.3 Å². The zero-order valence-electron chi connectivity index (χ0n) is 29.8. The molecule has 258 valence electrons. The molecule has 2 nitrogen and oxygen atoms in total. The van der Waals surface area contributed by atoms with Crippen LogP contribution in [0.5, 0.6) is 0 Å². The highest BCUT2D eigenvalue weighted by atomic mass is 32.1. The minimum Gasteiger partial charge on any atom is -0.455 e. The first-order chi connectivity index (χ1) is 27.2. The molecule has 0 N–H and O–H groups in total. The van der Waals surface area contributed by atoms with Crippen molar-refractivity contribution in [3.05, 3.63) is 200 Å². The molecule has 2 heterocycles. The molecular weight excluding hydrogens is 687 g/mol. The lowest BCUT2D eigenvalue weighted by molar-refractivity contribution is 0.670. The Bertz CT molecular complexity index is 3210. The molecule has 0 unspecified atom stereocenters. The molecule has 3 heteroatoms. The van der Waals surface area contributed by atoms with Crippen LogP contribution >= 0.6 is 11.3 Å². The van der Waals surface area contributed by atoms with Crippen LogP contribution in [0.2, 0.25) is 0 Å². The molecule has 9 aromatic carbocycles. The highest BCUT2D eigenvalue weighted by Gasteiger charge is 2.21. The zero-order valence-corrected chi connectivity index (χ0v) is 30.6. The van der Waals surface area contributed by atoms with Gasteiger partial charge in [0, 0.05) is 53.4 Å². The Hall–Kier alpha value is -6.94. The SMILES string of the molecule is c1ccc(-c2ccc(-c3ccc4ccccc4c3)cc2N(c2ccc(-c3cccc4c3oc3ccccc34)cc2)c2ccc3sc4ccccc4c3c2)cc1. The Labute approximate surface area is 322 Å². The quantitative estimate of drug-likeness (QED) is 0.170. The number of benzene rings is 9. The highest BCUT2D eigenvalue weighted by molar-refractivity contribution is 7.25. The van der Waals surface area contributed by atoms with Crippen molar-refractivity contribution in [3.8, 4) is 33.4 Å². The van der Waals surface area contributed by atoms with Gasteiger partial charge in [-0.25, -0.2) is 0 Å². The average Bonchev–Trinajstić information content (AvgIpc) is 3.83. The lowest BCUT2D eigenvalue weighted by atomic mass is 9.95. The van der Waals surface area contributed by atoms with Crippen molar-refractivity contribution in [3.63, 3.8) is 0 Å².